The summed E-state index contributed by atoms with van der Waals surface area (Å²) in [7, 11) is 0. The summed E-state index contributed by atoms with van der Waals surface area (Å²) in [5.74, 6) is 0. The summed E-state index contributed by atoms with van der Waals surface area (Å²) in [5.41, 5.74) is 3.50. The van der Waals surface area contributed by atoms with Gasteiger partial charge in [0.1, 0.15) is 0 Å². The SMILES string of the molecule is C/C=C1/N=C(C)C=C1C. The molecule has 0 N–H and O–H groups in total. The van der Waals surface area contributed by atoms with E-state index in [0.29, 0.717) is 0 Å². The molecule has 0 fully saturated rings. The van der Waals surface area contributed by atoms with Crippen molar-refractivity contribution in [3.8, 4) is 0 Å². The van der Waals surface area contributed by atoms with Crippen LogP contribution in [-0.4, -0.2) is 5.71 Å². The van der Waals surface area contributed by atoms with Crippen molar-refractivity contribution in [2.45, 2.75) is 20.8 Å². The lowest BCUT2D eigenvalue weighted by molar-refractivity contribution is 1.31. The van der Waals surface area contributed by atoms with Gasteiger partial charge in [-0.05, 0) is 32.4 Å². The molecular weight excluding hydrogens is 110 g/mol. The Hall–Kier alpha value is -0.850. The molecule has 0 unspecified atom stereocenters. The van der Waals surface area contributed by atoms with Crippen LogP contribution in [0.4, 0.5) is 0 Å². The molecule has 9 heavy (non-hydrogen) atoms. The smallest absolute Gasteiger partial charge is 0.0620 e. The monoisotopic (exact) mass is 121 g/mol. The van der Waals surface area contributed by atoms with Crippen LogP contribution in [0.25, 0.3) is 0 Å². The lowest BCUT2D eigenvalue weighted by Gasteiger charge is -1.89. The second kappa shape index (κ2) is 2.18. The van der Waals surface area contributed by atoms with Gasteiger partial charge in [-0.3, -0.25) is 4.99 Å². The van der Waals surface area contributed by atoms with Crippen LogP contribution in [0.3, 0.4) is 0 Å². The van der Waals surface area contributed by atoms with Crippen molar-refractivity contribution in [1.82, 2.24) is 0 Å². The molecule has 0 aliphatic carbocycles. The maximum atomic E-state index is 4.27. The van der Waals surface area contributed by atoms with Gasteiger partial charge in [-0.2, -0.15) is 0 Å². The Labute approximate surface area is 55.8 Å². The largest absolute Gasteiger partial charge is 0.254 e. The van der Waals surface area contributed by atoms with E-state index >= 15 is 0 Å². The quantitative estimate of drug-likeness (QED) is 0.466. The molecule has 0 radical (unpaired) electrons. The molecule has 1 aliphatic rings. The number of nitrogens with zero attached hydrogens (tertiary/aromatic N) is 1. The minimum Gasteiger partial charge on any atom is -0.254 e. The average Bonchev–Trinajstić information content (AvgIpc) is 2.10. The maximum Gasteiger partial charge on any atom is 0.0620 e. The van der Waals surface area contributed by atoms with E-state index in [1.165, 1.54) is 5.57 Å². The van der Waals surface area contributed by atoms with E-state index in [2.05, 4.69) is 18.0 Å². The molecular formula is C8H11N. The second-order valence-electron chi connectivity index (χ2n) is 2.25. The standard InChI is InChI=1S/C8H11N/c1-4-8-6(2)5-7(3)9-8/h4-5H,1-3H3/b8-4+. The third-order valence-corrected chi connectivity index (χ3v) is 1.40. The zero-order chi connectivity index (χ0) is 6.85. The van der Waals surface area contributed by atoms with Crippen molar-refractivity contribution < 1.29 is 0 Å². The van der Waals surface area contributed by atoms with Crippen LogP contribution in [0.5, 0.6) is 0 Å². The van der Waals surface area contributed by atoms with Crippen LogP contribution in [-0.2, 0) is 0 Å². The number of hydrogen-bond acceptors (Lipinski definition) is 1. The summed E-state index contributed by atoms with van der Waals surface area (Å²) in [6.07, 6.45) is 4.12. The van der Waals surface area contributed by atoms with E-state index in [1.54, 1.807) is 0 Å². The first kappa shape index (κ1) is 6.27. The Morgan fingerprint density at radius 2 is 2.11 bits per heavy atom. The van der Waals surface area contributed by atoms with Crippen LogP contribution in [0.15, 0.2) is 28.4 Å². The number of aliphatic imine (C=N–C) groups is 1. The highest BCUT2D eigenvalue weighted by Gasteiger charge is 2.03. The van der Waals surface area contributed by atoms with E-state index in [9.17, 15) is 0 Å². The summed E-state index contributed by atoms with van der Waals surface area (Å²) in [4.78, 5) is 4.27. The van der Waals surface area contributed by atoms with E-state index in [4.69, 9.17) is 0 Å². The summed E-state index contributed by atoms with van der Waals surface area (Å²) in [6.45, 7) is 6.10. The molecule has 0 aromatic heterocycles. The lowest BCUT2D eigenvalue weighted by atomic mass is 10.2. The van der Waals surface area contributed by atoms with Crippen molar-refractivity contribution in [3.63, 3.8) is 0 Å². The summed E-state index contributed by atoms with van der Waals surface area (Å²) >= 11 is 0. The predicted molar refractivity (Wildman–Crippen MR) is 40.6 cm³/mol. The first-order valence-corrected chi connectivity index (χ1v) is 3.14. The van der Waals surface area contributed by atoms with Gasteiger partial charge in [0.05, 0.1) is 5.70 Å². The number of allylic oxidation sites excluding steroid dienone is 3. The Bertz CT molecular complexity index is 207. The van der Waals surface area contributed by atoms with Gasteiger partial charge >= 0.3 is 0 Å². The highest BCUT2D eigenvalue weighted by atomic mass is 14.8. The minimum atomic E-state index is 1.11. The zero-order valence-corrected chi connectivity index (χ0v) is 6.10. The molecule has 0 atom stereocenters. The highest BCUT2D eigenvalue weighted by Crippen LogP contribution is 2.16. The topological polar surface area (TPSA) is 12.4 Å². The fourth-order valence-corrected chi connectivity index (χ4v) is 0.990. The molecule has 48 valence electrons. The number of rotatable bonds is 0. The number of hydrogen-bond donors (Lipinski definition) is 0. The van der Waals surface area contributed by atoms with E-state index in [0.717, 1.165) is 11.4 Å². The molecule has 1 heteroatoms. The van der Waals surface area contributed by atoms with E-state index < -0.39 is 0 Å². The Kier molecular flexibility index (Phi) is 1.52. The van der Waals surface area contributed by atoms with E-state index in [-0.39, 0.29) is 0 Å². The normalized spacial score (nSPS) is 22.3. The molecule has 1 heterocycles. The Balaban J connectivity index is 2.96. The van der Waals surface area contributed by atoms with Gasteiger partial charge in [0.15, 0.2) is 0 Å². The fraction of sp³-hybridized carbons (Fsp3) is 0.375. The molecule has 0 saturated heterocycles. The zero-order valence-electron chi connectivity index (χ0n) is 6.10. The molecule has 0 amide bonds. The summed E-state index contributed by atoms with van der Waals surface area (Å²) < 4.78 is 0. The Morgan fingerprint density at radius 3 is 2.33 bits per heavy atom. The molecule has 1 nitrogen and oxygen atoms in total. The third kappa shape index (κ3) is 1.10. The molecule has 0 saturated carbocycles. The Morgan fingerprint density at radius 1 is 1.44 bits per heavy atom. The molecule has 1 rings (SSSR count). The van der Waals surface area contributed by atoms with Crippen LogP contribution < -0.4 is 0 Å². The second-order valence-corrected chi connectivity index (χ2v) is 2.25. The molecule has 0 aromatic rings. The van der Waals surface area contributed by atoms with Crippen LogP contribution in [0, 0.1) is 0 Å². The van der Waals surface area contributed by atoms with Crippen LogP contribution >= 0.6 is 0 Å². The van der Waals surface area contributed by atoms with Crippen molar-refractivity contribution >= 4 is 5.71 Å². The highest BCUT2D eigenvalue weighted by molar-refractivity contribution is 5.97. The van der Waals surface area contributed by atoms with Crippen LogP contribution in [0.2, 0.25) is 0 Å². The maximum absolute atomic E-state index is 4.27. The fourth-order valence-electron chi connectivity index (χ4n) is 0.990. The summed E-state index contributed by atoms with van der Waals surface area (Å²) in [5, 5.41) is 0. The van der Waals surface area contributed by atoms with Gasteiger partial charge in [-0.15, -0.1) is 0 Å². The average molecular weight is 121 g/mol. The predicted octanol–water partition coefficient (Wildman–Crippen LogP) is 2.31. The first-order valence-electron chi connectivity index (χ1n) is 3.14. The van der Waals surface area contributed by atoms with Crippen molar-refractivity contribution in [3.05, 3.63) is 23.4 Å². The van der Waals surface area contributed by atoms with Gasteiger partial charge in [0.25, 0.3) is 0 Å². The van der Waals surface area contributed by atoms with Crippen molar-refractivity contribution in [2.75, 3.05) is 0 Å². The molecule has 1 aliphatic heterocycles. The van der Waals surface area contributed by atoms with Gasteiger partial charge in [0, 0.05) is 5.71 Å². The van der Waals surface area contributed by atoms with Gasteiger partial charge < -0.3 is 0 Å². The first-order chi connectivity index (χ1) is 4.24. The third-order valence-electron chi connectivity index (χ3n) is 1.40. The molecule has 0 spiro atoms. The molecule has 0 bridgehead atoms. The van der Waals surface area contributed by atoms with Crippen molar-refractivity contribution in [2.24, 2.45) is 4.99 Å². The van der Waals surface area contributed by atoms with Crippen molar-refractivity contribution in [1.29, 1.82) is 0 Å². The lowest BCUT2D eigenvalue weighted by Crippen LogP contribution is -1.73. The molecule has 0 aromatic carbocycles. The van der Waals surface area contributed by atoms with Gasteiger partial charge in [0.2, 0.25) is 0 Å². The summed E-state index contributed by atoms with van der Waals surface area (Å²) in [6, 6.07) is 0. The van der Waals surface area contributed by atoms with E-state index in [1.807, 2.05) is 19.9 Å². The van der Waals surface area contributed by atoms with Gasteiger partial charge in [-0.1, -0.05) is 6.08 Å². The van der Waals surface area contributed by atoms with Crippen LogP contribution in [0.1, 0.15) is 20.8 Å². The van der Waals surface area contributed by atoms with Gasteiger partial charge in [-0.25, -0.2) is 0 Å². The minimum absolute atomic E-state index is 1.11.